The third-order valence-corrected chi connectivity index (χ3v) is 1.90. The van der Waals surface area contributed by atoms with Crippen molar-refractivity contribution >= 4 is 11.8 Å². The first-order valence-corrected chi connectivity index (χ1v) is 4.79. The van der Waals surface area contributed by atoms with E-state index in [1.807, 2.05) is 0 Å². The highest BCUT2D eigenvalue weighted by molar-refractivity contribution is 5.87. The SMILES string of the molecule is CCOC(=O)C(O)(CC(C)=O)c1ncco1. The molecule has 0 fully saturated rings. The Balaban J connectivity index is 3.02. The molecule has 0 aromatic carbocycles. The fourth-order valence-electron chi connectivity index (χ4n) is 1.27. The van der Waals surface area contributed by atoms with Crippen LogP contribution in [0.1, 0.15) is 26.2 Å². The van der Waals surface area contributed by atoms with E-state index in [2.05, 4.69) is 4.98 Å². The quantitative estimate of drug-likeness (QED) is 0.732. The molecule has 0 aliphatic heterocycles. The monoisotopic (exact) mass is 227 g/mol. The highest BCUT2D eigenvalue weighted by atomic mass is 16.6. The number of carbonyl (C=O) groups excluding carboxylic acids is 2. The Kier molecular flexibility index (Phi) is 3.78. The Morgan fingerprint density at radius 2 is 2.31 bits per heavy atom. The van der Waals surface area contributed by atoms with Crippen LogP contribution >= 0.6 is 0 Å². The van der Waals surface area contributed by atoms with Gasteiger partial charge in [-0.2, -0.15) is 0 Å². The number of esters is 1. The molecule has 1 atom stereocenters. The van der Waals surface area contributed by atoms with Crippen LogP contribution in [0.15, 0.2) is 16.9 Å². The van der Waals surface area contributed by atoms with Crippen molar-refractivity contribution in [3.05, 3.63) is 18.4 Å². The second kappa shape index (κ2) is 4.89. The molecule has 0 bridgehead atoms. The lowest BCUT2D eigenvalue weighted by molar-refractivity contribution is -0.171. The summed E-state index contributed by atoms with van der Waals surface area (Å²) in [6.45, 7) is 2.95. The predicted octanol–water partition coefficient (Wildman–Crippen LogP) is 0.404. The number of aromatic nitrogens is 1. The minimum Gasteiger partial charge on any atom is -0.463 e. The summed E-state index contributed by atoms with van der Waals surface area (Å²) in [5, 5.41) is 10.1. The summed E-state index contributed by atoms with van der Waals surface area (Å²) in [5.74, 6) is -1.54. The van der Waals surface area contributed by atoms with E-state index in [1.165, 1.54) is 19.4 Å². The van der Waals surface area contributed by atoms with Gasteiger partial charge in [0.15, 0.2) is 0 Å². The maximum atomic E-state index is 11.6. The largest absolute Gasteiger partial charge is 0.463 e. The number of Topliss-reactive ketones (excluding diaryl/α,β-unsaturated/α-hetero) is 1. The predicted molar refractivity (Wildman–Crippen MR) is 52.3 cm³/mol. The smallest absolute Gasteiger partial charge is 0.348 e. The molecule has 1 N–H and O–H groups in total. The molecule has 0 saturated carbocycles. The zero-order valence-corrected chi connectivity index (χ0v) is 9.10. The topological polar surface area (TPSA) is 89.6 Å². The molecule has 0 saturated heterocycles. The second-order valence-electron chi connectivity index (χ2n) is 3.30. The van der Waals surface area contributed by atoms with E-state index in [-0.39, 0.29) is 18.3 Å². The summed E-state index contributed by atoms with van der Waals surface area (Å²) in [5.41, 5.74) is -2.13. The maximum Gasteiger partial charge on any atom is 0.348 e. The number of rotatable bonds is 5. The summed E-state index contributed by atoms with van der Waals surface area (Å²) in [6, 6.07) is 0. The van der Waals surface area contributed by atoms with Crippen molar-refractivity contribution in [3.63, 3.8) is 0 Å². The first kappa shape index (κ1) is 12.4. The van der Waals surface area contributed by atoms with Crippen molar-refractivity contribution in [3.8, 4) is 0 Å². The molecule has 1 aromatic rings. The number of carbonyl (C=O) groups is 2. The van der Waals surface area contributed by atoms with Gasteiger partial charge in [-0.15, -0.1) is 0 Å². The standard InChI is InChI=1S/C10H13NO5/c1-3-15-9(13)10(14,6-7(2)12)8-11-4-5-16-8/h4-5,14H,3,6H2,1-2H3. The molecule has 0 aliphatic carbocycles. The van der Waals surface area contributed by atoms with E-state index in [1.54, 1.807) is 6.92 Å². The Morgan fingerprint density at radius 3 is 2.75 bits per heavy atom. The molecule has 0 amide bonds. The van der Waals surface area contributed by atoms with Crippen LogP contribution in [0.3, 0.4) is 0 Å². The van der Waals surface area contributed by atoms with Crippen LogP contribution in [0.5, 0.6) is 0 Å². The van der Waals surface area contributed by atoms with Crippen molar-refractivity contribution < 1.29 is 23.8 Å². The lowest BCUT2D eigenvalue weighted by Gasteiger charge is -2.20. The zero-order valence-electron chi connectivity index (χ0n) is 9.10. The van der Waals surface area contributed by atoms with Gasteiger partial charge in [-0.25, -0.2) is 9.78 Å². The van der Waals surface area contributed by atoms with Crippen LogP contribution in [0.4, 0.5) is 0 Å². The van der Waals surface area contributed by atoms with E-state index >= 15 is 0 Å². The summed E-state index contributed by atoms with van der Waals surface area (Å²) in [6.07, 6.45) is 2.06. The maximum absolute atomic E-state index is 11.6. The molecule has 0 aliphatic rings. The number of hydrogen-bond donors (Lipinski definition) is 1. The lowest BCUT2D eigenvalue weighted by atomic mass is 9.97. The van der Waals surface area contributed by atoms with Crippen LogP contribution in [0.2, 0.25) is 0 Å². The van der Waals surface area contributed by atoms with Gasteiger partial charge in [0.1, 0.15) is 12.0 Å². The molecule has 88 valence electrons. The summed E-state index contributed by atoms with van der Waals surface area (Å²) >= 11 is 0. The Labute approximate surface area is 92.2 Å². The molecule has 1 rings (SSSR count). The molecule has 6 heteroatoms. The summed E-state index contributed by atoms with van der Waals surface area (Å²) < 4.78 is 9.54. The first-order valence-electron chi connectivity index (χ1n) is 4.79. The second-order valence-corrected chi connectivity index (χ2v) is 3.30. The molecule has 6 nitrogen and oxygen atoms in total. The van der Waals surface area contributed by atoms with Crippen LogP contribution < -0.4 is 0 Å². The highest BCUT2D eigenvalue weighted by Gasteiger charge is 2.45. The normalized spacial score (nSPS) is 14.2. The zero-order chi connectivity index (χ0) is 12.2. The molecular formula is C10H13NO5. The van der Waals surface area contributed by atoms with E-state index in [0.717, 1.165) is 0 Å². The van der Waals surface area contributed by atoms with Crippen LogP contribution in [-0.2, 0) is 19.9 Å². The van der Waals surface area contributed by atoms with Gasteiger partial charge < -0.3 is 14.3 Å². The molecule has 1 unspecified atom stereocenters. The molecular weight excluding hydrogens is 214 g/mol. The number of aliphatic hydroxyl groups is 1. The van der Waals surface area contributed by atoms with Crippen molar-refractivity contribution in [1.82, 2.24) is 4.98 Å². The van der Waals surface area contributed by atoms with Crippen molar-refractivity contribution in [2.75, 3.05) is 6.61 Å². The molecule has 1 aromatic heterocycles. The molecule has 1 heterocycles. The third-order valence-electron chi connectivity index (χ3n) is 1.90. The molecule has 0 radical (unpaired) electrons. The third kappa shape index (κ3) is 2.46. The lowest BCUT2D eigenvalue weighted by Crippen LogP contribution is -2.39. The van der Waals surface area contributed by atoms with Crippen molar-refractivity contribution in [2.24, 2.45) is 0 Å². The van der Waals surface area contributed by atoms with Gasteiger partial charge in [0, 0.05) is 0 Å². The van der Waals surface area contributed by atoms with E-state index in [4.69, 9.17) is 9.15 Å². The fraction of sp³-hybridized carbons (Fsp3) is 0.500. The number of hydrogen-bond acceptors (Lipinski definition) is 6. The van der Waals surface area contributed by atoms with E-state index in [9.17, 15) is 14.7 Å². The Hall–Kier alpha value is -1.69. The Bertz CT molecular complexity index is 373. The Morgan fingerprint density at radius 1 is 1.62 bits per heavy atom. The van der Waals surface area contributed by atoms with Crippen LogP contribution in [0, 0.1) is 0 Å². The molecule has 0 spiro atoms. The molecule has 16 heavy (non-hydrogen) atoms. The minimum atomic E-state index is -2.13. The summed E-state index contributed by atoms with van der Waals surface area (Å²) in [7, 11) is 0. The minimum absolute atomic E-state index is 0.0970. The van der Waals surface area contributed by atoms with E-state index in [0.29, 0.717) is 0 Å². The first-order chi connectivity index (χ1) is 7.50. The number of ketones is 1. The van der Waals surface area contributed by atoms with Gasteiger partial charge >= 0.3 is 5.97 Å². The number of ether oxygens (including phenoxy) is 1. The van der Waals surface area contributed by atoms with E-state index < -0.39 is 18.0 Å². The number of nitrogens with zero attached hydrogens (tertiary/aromatic N) is 1. The number of oxazole rings is 1. The van der Waals surface area contributed by atoms with Gasteiger partial charge in [-0.05, 0) is 13.8 Å². The van der Waals surface area contributed by atoms with Crippen LogP contribution in [0.25, 0.3) is 0 Å². The van der Waals surface area contributed by atoms with Crippen molar-refractivity contribution in [2.45, 2.75) is 25.9 Å². The average molecular weight is 227 g/mol. The van der Waals surface area contributed by atoms with Gasteiger partial charge in [0.25, 0.3) is 0 Å². The van der Waals surface area contributed by atoms with Gasteiger partial charge in [-0.3, -0.25) is 4.79 Å². The van der Waals surface area contributed by atoms with Gasteiger partial charge in [0.05, 0.1) is 19.2 Å². The van der Waals surface area contributed by atoms with Crippen molar-refractivity contribution in [1.29, 1.82) is 0 Å². The average Bonchev–Trinajstić information content (AvgIpc) is 2.69. The van der Waals surface area contributed by atoms with Gasteiger partial charge in [-0.1, -0.05) is 0 Å². The van der Waals surface area contributed by atoms with Crippen LogP contribution in [-0.4, -0.2) is 28.4 Å². The van der Waals surface area contributed by atoms with Gasteiger partial charge in [0.2, 0.25) is 11.5 Å². The fourth-order valence-corrected chi connectivity index (χ4v) is 1.27. The highest BCUT2D eigenvalue weighted by Crippen LogP contribution is 2.25. The summed E-state index contributed by atoms with van der Waals surface area (Å²) in [4.78, 5) is 26.3.